The predicted molar refractivity (Wildman–Crippen MR) is 72.4 cm³/mol. The third-order valence-electron chi connectivity index (χ3n) is 2.98. The quantitative estimate of drug-likeness (QED) is 0.741. The minimum atomic E-state index is -0.323. The highest BCUT2D eigenvalue weighted by Gasteiger charge is 2.17. The first kappa shape index (κ1) is 13.3. The molecule has 0 aliphatic heterocycles. The van der Waals surface area contributed by atoms with Gasteiger partial charge < -0.3 is 9.47 Å². The average Bonchev–Trinajstić information content (AvgIpc) is 2.99. The van der Waals surface area contributed by atoms with E-state index in [0.717, 1.165) is 16.7 Å². The van der Waals surface area contributed by atoms with Crippen LogP contribution in [0.1, 0.15) is 42.7 Å². The normalized spacial score (nSPS) is 17.1. The third kappa shape index (κ3) is 3.68. The van der Waals surface area contributed by atoms with E-state index in [1.165, 1.54) is 30.7 Å². The van der Waals surface area contributed by atoms with Gasteiger partial charge in [0.05, 0.1) is 0 Å². The second kappa shape index (κ2) is 6.73. The van der Waals surface area contributed by atoms with Crippen LogP contribution >= 0.6 is 23.1 Å². The Bertz CT molecular complexity index is 333. The van der Waals surface area contributed by atoms with Crippen LogP contribution in [0.5, 0.6) is 0 Å². The molecule has 3 nitrogen and oxygen atoms in total. The van der Waals surface area contributed by atoms with Crippen LogP contribution in [0.4, 0.5) is 0 Å². The van der Waals surface area contributed by atoms with Gasteiger partial charge in [-0.15, -0.1) is 11.3 Å². The first-order valence-corrected chi connectivity index (χ1v) is 7.88. The highest BCUT2D eigenvalue weighted by Crippen LogP contribution is 2.32. The molecule has 1 saturated carbocycles. The summed E-state index contributed by atoms with van der Waals surface area (Å²) in [6, 6.07) is 0. The second-order valence-corrected chi connectivity index (χ2v) is 6.42. The Kier molecular flexibility index (Phi) is 5.28. The van der Waals surface area contributed by atoms with E-state index in [4.69, 9.17) is 9.47 Å². The topological polar surface area (TPSA) is 31.4 Å². The van der Waals surface area contributed by atoms with Crippen molar-refractivity contribution < 1.29 is 9.47 Å². The molecular formula is C12H19NO2S2. The van der Waals surface area contributed by atoms with Gasteiger partial charge in [0, 0.05) is 30.6 Å². The Labute approximate surface area is 111 Å². The van der Waals surface area contributed by atoms with Gasteiger partial charge in [0.2, 0.25) is 6.29 Å². The summed E-state index contributed by atoms with van der Waals surface area (Å²) in [6.45, 7) is 0. The molecule has 0 N–H and O–H groups in total. The van der Waals surface area contributed by atoms with Crippen LogP contribution < -0.4 is 0 Å². The van der Waals surface area contributed by atoms with Gasteiger partial charge in [0.1, 0.15) is 10.7 Å². The van der Waals surface area contributed by atoms with Crippen molar-refractivity contribution in [2.75, 3.05) is 14.2 Å². The van der Waals surface area contributed by atoms with Gasteiger partial charge in [0.15, 0.2) is 0 Å². The summed E-state index contributed by atoms with van der Waals surface area (Å²) >= 11 is 3.74. The van der Waals surface area contributed by atoms with Crippen molar-refractivity contribution in [3.63, 3.8) is 0 Å². The van der Waals surface area contributed by atoms with Gasteiger partial charge in [-0.05, 0) is 12.8 Å². The summed E-state index contributed by atoms with van der Waals surface area (Å²) in [5.41, 5.74) is 0.891. The van der Waals surface area contributed by atoms with Crippen LogP contribution in [0.3, 0.4) is 0 Å². The molecular weight excluding hydrogens is 254 g/mol. The molecule has 96 valence electrons. The lowest BCUT2D eigenvalue weighted by Crippen LogP contribution is -2.04. The van der Waals surface area contributed by atoms with Crippen molar-refractivity contribution >= 4 is 23.1 Å². The third-order valence-corrected chi connectivity index (χ3v) is 5.42. The molecule has 0 spiro atoms. The number of hydrogen-bond donors (Lipinski definition) is 0. The van der Waals surface area contributed by atoms with Crippen molar-refractivity contribution in [2.24, 2.45) is 0 Å². The Morgan fingerprint density at radius 2 is 2.12 bits per heavy atom. The van der Waals surface area contributed by atoms with Crippen molar-refractivity contribution in [3.8, 4) is 0 Å². The van der Waals surface area contributed by atoms with Crippen LogP contribution in [0, 0.1) is 0 Å². The number of hydrogen-bond acceptors (Lipinski definition) is 5. The van der Waals surface area contributed by atoms with Crippen molar-refractivity contribution in [1.82, 2.24) is 4.98 Å². The molecule has 1 aromatic heterocycles. The fourth-order valence-corrected chi connectivity index (χ4v) is 4.25. The van der Waals surface area contributed by atoms with Crippen molar-refractivity contribution in [1.29, 1.82) is 0 Å². The smallest absolute Gasteiger partial charge is 0.201 e. The van der Waals surface area contributed by atoms with Gasteiger partial charge >= 0.3 is 0 Å². The van der Waals surface area contributed by atoms with Gasteiger partial charge in [-0.1, -0.05) is 12.8 Å². The molecule has 5 heteroatoms. The van der Waals surface area contributed by atoms with Gasteiger partial charge in [-0.25, -0.2) is 4.98 Å². The molecule has 0 radical (unpaired) electrons. The molecule has 0 saturated heterocycles. The molecule has 0 bridgehead atoms. The number of methoxy groups -OCH3 is 2. The summed E-state index contributed by atoms with van der Waals surface area (Å²) < 4.78 is 10.4. The van der Waals surface area contributed by atoms with E-state index in [-0.39, 0.29) is 6.29 Å². The SMILES string of the molecule is COC(OC)c1csc(CSC2CCCC2)n1. The maximum absolute atomic E-state index is 5.19. The lowest BCUT2D eigenvalue weighted by molar-refractivity contribution is -0.108. The number of thiazole rings is 1. The van der Waals surface area contributed by atoms with E-state index < -0.39 is 0 Å². The van der Waals surface area contributed by atoms with Gasteiger partial charge in [0.25, 0.3) is 0 Å². The molecule has 1 aromatic rings. The standard InChI is InChI=1S/C12H19NO2S2/c1-14-12(15-2)10-7-17-11(13-10)8-16-9-5-3-4-6-9/h7,9,12H,3-6,8H2,1-2H3. The largest absolute Gasteiger partial charge is 0.350 e. The summed E-state index contributed by atoms with van der Waals surface area (Å²) in [4.78, 5) is 4.56. The molecule has 0 aromatic carbocycles. The van der Waals surface area contributed by atoms with E-state index in [2.05, 4.69) is 4.98 Å². The minimum Gasteiger partial charge on any atom is -0.350 e. The van der Waals surface area contributed by atoms with Crippen LogP contribution in [-0.2, 0) is 15.2 Å². The zero-order valence-electron chi connectivity index (χ0n) is 10.3. The Morgan fingerprint density at radius 3 is 2.76 bits per heavy atom. The zero-order valence-corrected chi connectivity index (χ0v) is 12.0. The van der Waals surface area contributed by atoms with Crippen LogP contribution in [0.25, 0.3) is 0 Å². The Balaban J connectivity index is 1.84. The lowest BCUT2D eigenvalue weighted by Gasteiger charge is -2.09. The summed E-state index contributed by atoms with van der Waals surface area (Å²) in [5.74, 6) is 1.02. The number of ether oxygens (including phenoxy) is 2. The molecule has 17 heavy (non-hydrogen) atoms. The molecule has 1 aliphatic carbocycles. The van der Waals surface area contributed by atoms with E-state index in [9.17, 15) is 0 Å². The lowest BCUT2D eigenvalue weighted by atomic mass is 10.4. The van der Waals surface area contributed by atoms with Gasteiger partial charge in [-0.3, -0.25) is 0 Å². The summed E-state index contributed by atoms with van der Waals surface area (Å²) in [6.07, 6.45) is 5.23. The molecule has 1 aliphatic rings. The highest BCUT2D eigenvalue weighted by molar-refractivity contribution is 7.99. The molecule has 0 unspecified atom stereocenters. The first-order valence-electron chi connectivity index (χ1n) is 5.95. The minimum absolute atomic E-state index is 0.323. The molecule has 2 rings (SSSR count). The fraction of sp³-hybridized carbons (Fsp3) is 0.750. The molecule has 1 heterocycles. The van der Waals surface area contributed by atoms with Crippen LogP contribution in [0.2, 0.25) is 0 Å². The second-order valence-electron chi connectivity index (χ2n) is 4.19. The van der Waals surface area contributed by atoms with Gasteiger partial charge in [-0.2, -0.15) is 11.8 Å². The maximum Gasteiger partial charge on any atom is 0.201 e. The monoisotopic (exact) mass is 273 g/mol. The van der Waals surface area contributed by atoms with E-state index >= 15 is 0 Å². The number of thioether (sulfide) groups is 1. The van der Waals surface area contributed by atoms with Crippen LogP contribution in [0.15, 0.2) is 5.38 Å². The van der Waals surface area contributed by atoms with E-state index in [0.29, 0.717) is 0 Å². The summed E-state index contributed by atoms with van der Waals surface area (Å²) in [5, 5.41) is 4.06. The predicted octanol–water partition coefficient (Wildman–Crippen LogP) is 3.61. The van der Waals surface area contributed by atoms with Crippen molar-refractivity contribution in [3.05, 3.63) is 16.1 Å². The molecule has 1 fully saturated rings. The first-order chi connectivity index (χ1) is 8.33. The van der Waals surface area contributed by atoms with E-state index in [1.54, 1.807) is 25.6 Å². The Morgan fingerprint density at radius 1 is 1.41 bits per heavy atom. The van der Waals surface area contributed by atoms with Crippen LogP contribution in [-0.4, -0.2) is 24.5 Å². The highest BCUT2D eigenvalue weighted by atomic mass is 32.2. The maximum atomic E-state index is 5.19. The summed E-state index contributed by atoms with van der Waals surface area (Å²) in [7, 11) is 3.28. The number of aromatic nitrogens is 1. The Hall–Kier alpha value is -0.100. The fourth-order valence-electron chi connectivity index (χ4n) is 2.08. The number of rotatable bonds is 6. The molecule has 0 amide bonds. The van der Waals surface area contributed by atoms with E-state index in [1.807, 2.05) is 17.1 Å². The average molecular weight is 273 g/mol. The molecule has 0 atom stereocenters. The van der Waals surface area contributed by atoms with Crippen molar-refractivity contribution in [2.45, 2.75) is 43.0 Å². The zero-order chi connectivity index (χ0) is 12.1. The number of nitrogens with zero attached hydrogens (tertiary/aromatic N) is 1.